The van der Waals surface area contributed by atoms with E-state index >= 15 is 0 Å². The predicted octanol–water partition coefficient (Wildman–Crippen LogP) is 3.82. The Balaban J connectivity index is 1.99. The van der Waals surface area contributed by atoms with E-state index in [0.29, 0.717) is 0 Å². The molecule has 2 heterocycles. The third-order valence-electron chi connectivity index (χ3n) is 5.36. The van der Waals surface area contributed by atoms with Crippen molar-refractivity contribution in [3.63, 3.8) is 0 Å². The molecule has 0 unspecified atom stereocenters. The maximum Gasteiger partial charge on any atom is 0.192 e. The number of rotatable bonds is 4. The molecular weight excluding hydrogens is 340 g/mol. The first-order valence-electron chi connectivity index (χ1n) is 9.23. The van der Waals surface area contributed by atoms with E-state index in [1.807, 2.05) is 43.4 Å². The van der Waals surface area contributed by atoms with Crippen LogP contribution in [0.5, 0.6) is 11.5 Å². The number of hydrogen-bond acceptors (Lipinski definition) is 4. The average Bonchev–Trinajstić information content (AvgIpc) is 3.24. The van der Waals surface area contributed by atoms with Gasteiger partial charge in [0.15, 0.2) is 5.43 Å². The highest BCUT2D eigenvalue weighted by Crippen LogP contribution is 2.34. The predicted molar refractivity (Wildman–Crippen MR) is 109 cm³/mol. The SMILES string of the molecule is COc1cccc(-c2cc(=O)c3c(N4CCCC4)cc(OC)cc3n2C)c1. The lowest BCUT2D eigenvalue weighted by molar-refractivity contribution is 0.415. The van der Waals surface area contributed by atoms with E-state index in [4.69, 9.17) is 9.47 Å². The number of hydrogen-bond donors (Lipinski definition) is 0. The Kier molecular flexibility index (Phi) is 4.52. The molecule has 0 spiro atoms. The van der Waals surface area contributed by atoms with Crippen LogP contribution in [0.4, 0.5) is 5.69 Å². The highest BCUT2D eigenvalue weighted by Gasteiger charge is 2.20. The molecule has 5 nitrogen and oxygen atoms in total. The summed E-state index contributed by atoms with van der Waals surface area (Å²) in [5.41, 5.74) is 3.68. The number of aryl methyl sites for hydroxylation is 1. The Morgan fingerprint density at radius 2 is 1.67 bits per heavy atom. The lowest BCUT2D eigenvalue weighted by Crippen LogP contribution is -2.21. The fraction of sp³-hybridized carbons (Fsp3) is 0.318. The number of ether oxygens (including phenoxy) is 2. The zero-order valence-corrected chi connectivity index (χ0v) is 16.0. The molecule has 1 saturated heterocycles. The molecular formula is C22H24N2O3. The van der Waals surface area contributed by atoms with Crippen LogP contribution in [0.1, 0.15) is 12.8 Å². The molecule has 0 aliphatic carbocycles. The van der Waals surface area contributed by atoms with E-state index in [-0.39, 0.29) is 5.43 Å². The summed E-state index contributed by atoms with van der Waals surface area (Å²) in [6.07, 6.45) is 2.31. The molecule has 0 saturated carbocycles. The number of nitrogens with zero attached hydrogens (tertiary/aromatic N) is 2. The van der Waals surface area contributed by atoms with Gasteiger partial charge in [0.1, 0.15) is 11.5 Å². The molecule has 1 aliphatic heterocycles. The number of methoxy groups -OCH3 is 2. The molecule has 0 radical (unpaired) electrons. The first-order valence-corrected chi connectivity index (χ1v) is 9.23. The number of anilines is 1. The van der Waals surface area contributed by atoms with Crippen molar-refractivity contribution in [2.45, 2.75) is 12.8 Å². The molecule has 4 rings (SSSR count). The van der Waals surface area contributed by atoms with Crippen molar-refractivity contribution in [3.8, 4) is 22.8 Å². The van der Waals surface area contributed by atoms with E-state index in [2.05, 4.69) is 9.47 Å². The van der Waals surface area contributed by atoms with Crippen LogP contribution in [0.2, 0.25) is 0 Å². The highest BCUT2D eigenvalue weighted by molar-refractivity contribution is 5.95. The number of aromatic nitrogens is 1. The molecule has 1 aliphatic rings. The second-order valence-corrected chi connectivity index (χ2v) is 6.92. The summed E-state index contributed by atoms with van der Waals surface area (Å²) in [7, 11) is 5.30. The van der Waals surface area contributed by atoms with Crippen LogP contribution in [0.3, 0.4) is 0 Å². The lowest BCUT2D eigenvalue weighted by atomic mass is 10.1. The van der Waals surface area contributed by atoms with Crippen LogP contribution in [0.25, 0.3) is 22.2 Å². The molecule has 5 heteroatoms. The van der Waals surface area contributed by atoms with Crippen LogP contribution >= 0.6 is 0 Å². The molecule has 2 aromatic carbocycles. The van der Waals surface area contributed by atoms with Gasteiger partial charge in [0.2, 0.25) is 0 Å². The number of pyridine rings is 1. The van der Waals surface area contributed by atoms with Gasteiger partial charge in [-0.3, -0.25) is 4.79 Å². The minimum atomic E-state index is 0.0328. The second-order valence-electron chi connectivity index (χ2n) is 6.92. The third-order valence-corrected chi connectivity index (χ3v) is 5.36. The van der Waals surface area contributed by atoms with E-state index in [1.54, 1.807) is 20.3 Å². The maximum absolute atomic E-state index is 13.1. The van der Waals surface area contributed by atoms with Gasteiger partial charge in [-0.05, 0) is 25.0 Å². The molecule has 27 heavy (non-hydrogen) atoms. The number of benzene rings is 2. The molecule has 3 aromatic rings. The van der Waals surface area contributed by atoms with E-state index in [0.717, 1.165) is 65.3 Å². The Morgan fingerprint density at radius 1 is 0.926 bits per heavy atom. The third kappa shape index (κ3) is 3.03. The Bertz CT molecular complexity index is 1050. The van der Waals surface area contributed by atoms with Crippen LogP contribution in [0.15, 0.2) is 47.3 Å². The molecule has 1 fully saturated rings. The maximum atomic E-state index is 13.1. The van der Waals surface area contributed by atoms with Crippen molar-refractivity contribution in [1.82, 2.24) is 4.57 Å². The van der Waals surface area contributed by atoms with Crippen molar-refractivity contribution < 1.29 is 9.47 Å². The largest absolute Gasteiger partial charge is 0.497 e. The van der Waals surface area contributed by atoms with Crippen molar-refractivity contribution in [2.75, 3.05) is 32.2 Å². The molecule has 0 atom stereocenters. The summed E-state index contributed by atoms with van der Waals surface area (Å²) >= 11 is 0. The van der Waals surface area contributed by atoms with Gasteiger partial charge in [-0.15, -0.1) is 0 Å². The molecule has 0 amide bonds. The van der Waals surface area contributed by atoms with Crippen molar-refractivity contribution >= 4 is 16.6 Å². The fourth-order valence-electron chi connectivity index (χ4n) is 3.91. The van der Waals surface area contributed by atoms with E-state index in [9.17, 15) is 4.79 Å². The van der Waals surface area contributed by atoms with E-state index in [1.165, 1.54) is 0 Å². The average molecular weight is 364 g/mol. The number of fused-ring (bicyclic) bond motifs is 1. The van der Waals surface area contributed by atoms with Gasteiger partial charge in [0.25, 0.3) is 0 Å². The first-order chi connectivity index (χ1) is 13.1. The lowest BCUT2D eigenvalue weighted by Gasteiger charge is -2.22. The normalized spacial score (nSPS) is 14.0. The minimum Gasteiger partial charge on any atom is -0.497 e. The van der Waals surface area contributed by atoms with Crippen LogP contribution in [-0.4, -0.2) is 31.9 Å². The monoisotopic (exact) mass is 364 g/mol. The second kappa shape index (κ2) is 6.99. The van der Waals surface area contributed by atoms with Gasteiger partial charge in [0.05, 0.1) is 36.5 Å². The van der Waals surface area contributed by atoms with E-state index < -0.39 is 0 Å². The van der Waals surface area contributed by atoms with Crippen LogP contribution in [0, 0.1) is 0 Å². The smallest absolute Gasteiger partial charge is 0.192 e. The summed E-state index contributed by atoms with van der Waals surface area (Å²) in [5, 5.41) is 0.756. The first kappa shape index (κ1) is 17.5. The topological polar surface area (TPSA) is 43.7 Å². The summed E-state index contributed by atoms with van der Waals surface area (Å²) in [6.45, 7) is 1.95. The summed E-state index contributed by atoms with van der Waals surface area (Å²) in [6, 6.07) is 13.4. The van der Waals surface area contributed by atoms with Gasteiger partial charge < -0.3 is 18.9 Å². The Hall–Kier alpha value is -2.95. The zero-order chi connectivity index (χ0) is 19.0. The van der Waals surface area contributed by atoms with Gasteiger partial charge in [-0.2, -0.15) is 0 Å². The zero-order valence-electron chi connectivity index (χ0n) is 16.0. The van der Waals surface area contributed by atoms with Crippen molar-refractivity contribution in [2.24, 2.45) is 7.05 Å². The van der Waals surface area contributed by atoms with Crippen LogP contribution in [-0.2, 0) is 7.05 Å². The minimum absolute atomic E-state index is 0.0328. The van der Waals surface area contributed by atoms with Crippen molar-refractivity contribution in [1.29, 1.82) is 0 Å². The summed E-state index contributed by atoms with van der Waals surface area (Å²) < 4.78 is 12.9. The molecule has 0 N–H and O–H groups in total. The molecule has 140 valence electrons. The van der Waals surface area contributed by atoms with Crippen LogP contribution < -0.4 is 19.8 Å². The van der Waals surface area contributed by atoms with Crippen molar-refractivity contribution in [3.05, 3.63) is 52.7 Å². The Labute approximate surface area is 158 Å². The van der Waals surface area contributed by atoms with Gasteiger partial charge >= 0.3 is 0 Å². The summed E-state index contributed by atoms with van der Waals surface area (Å²) in [5.74, 6) is 1.53. The molecule has 0 bridgehead atoms. The summed E-state index contributed by atoms with van der Waals surface area (Å²) in [4.78, 5) is 15.4. The van der Waals surface area contributed by atoms with Gasteiger partial charge in [0, 0.05) is 43.9 Å². The Morgan fingerprint density at radius 3 is 2.37 bits per heavy atom. The highest BCUT2D eigenvalue weighted by atomic mass is 16.5. The quantitative estimate of drug-likeness (QED) is 0.706. The molecule has 1 aromatic heterocycles. The van der Waals surface area contributed by atoms with Gasteiger partial charge in [-0.1, -0.05) is 12.1 Å². The van der Waals surface area contributed by atoms with Gasteiger partial charge in [-0.25, -0.2) is 0 Å². The standard InChI is InChI=1S/C22H24N2O3/c1-23-18(15-7-6-8-16(11-15)26-2)14-21(25)22-19(23)12-17(27-3)13-20(22)24-9-4-5-10-24/h6-8,11-14H,4-5,9-10H2,1-3H3. The fourth-order valence-corrected chi connectivity index (χ4v) is 3.91.